The first-order valence-electron chi connectivity index (χ1n) is 11.0. The number of hydrogen-bond donors (Lipinski definition) is 2. The van der Waals surface area contributed by atoms with E-state index < -0.39 is 35.6 Å². The summed E-state index contributed by atoms with van der Waals surface area (Å²) in [6.07, 6.45) is 0.233. The van der Waals surface area contributed by atoms with Crippen LogP contribution in [0.2, 0.25) is 0 Å². The predicted octanol–water partition coefficient (Wildman–Crippen LogP) is 1.02. The monoisotopic (exact) mass is 448 g/mol. The van der Waals surface area contributed by atoms with Crippen molar-refractivity contribution >= 4 is 29.3 Å². The van der Waals surface area contributed by atoms with Crippen molar-refractivity contribution < 1.29 is 23.6 Å². The number of nitrogens with one attached hydrogen (secondary N) is 2. The SMILES string of the molecule is O=C1CCC(N2C(=O)c3ccccc3C2C(=O)N2CC3(CNC3)c3ccc(F)cc32)C(=O)N1. The van der Waals surface area contributed by atoms with Crippen LogP contribution in [0, 0.1) is 5.82 Å². The van der Waals surface area contributed by atoms with Crippen LogP contribution < -0.4 is 15.5 Å². The van der Waals surface area contributed by atoms with E-state index in [2.05, 4.69) is 10.6 Å². The molecule has 168 valence electrons. The molecule has 2 atom stereocenters. The topological polar surface area (TPSA) is 98.8 Å². The molecule has 1 spiro atoms. The first-order valence-corrected chi connectivity index (χ1v) is 11.0. The van der Waals surface area contributed by atoms with Crippen LogP contribution in [0.15, 0.2) is 42.5 Å². The first kappa shape index (κ1) is 20.0. The molecule has 8 nitrogen and oxygen atoms in total. The Labute approximate surface area is 188 Å². The van der Waals surface area contributed by atoms with Gasteiger partial charge in [0.25, 0.3) is 11.8 Å². The summed E-state index contributed by atoms with van der Waals surface area (Å²) >= 11 is 0. The molecule has 2 aromatic rings. The Morgan fingerprint density at radius 3 is 2.61 bits per heavy atom. The largest absolute Gasteiger partial charge is 0.315 e. The molecule has 4 aliphatic rings. The Bertz CT molecular complexity index is 1240. The van der Waals surface area contributed by atoms with Gasteiger partial charge in [-0.25, -0.2) is 4.39 Å². The number of hydrogen-bond acceptors (Lipinski definition) is 5. The van der Waals surface area contributed by atoms with Crippen molar-refractivity contribution in [1.29, 1.82) is 0 Å². The highest BCUT2D eigenvalue weighted by molar-refractivity contribution is 6.12. The van der Waals surface area contributed by atoms with Gasteiger partial charge in [-0.2, -0.15) is 0 Å². The fourth-order valence-electron chi connectivity index (χ4n) is 5.58. The van der Waals surface area contributed by atoms with Gasteiger partial charge in [-0.05, 0) is 35.7 Å². The highest BCUT2D eigenvalue weighted by atomic mass is 19.1. The zero-order valence-corrected chi connectivity index (χ0v) is 17.6. The number of amides is 4. The molecule has 33 heavy (non-hydrogen) atoms. The van der Waals surface area contributed by atoms with Crippen molar-refractivity contribution in [3.8, 4) is 0 Å². The van der Waals surface area contributed by atoms with Crippen molar-refractivity contribution in [3.63, 3.8) is 0 Å². The van der Waals surface area contributed by atoms with E-state index in [1.54, 1.807) is 35.2 Å². The summed E-state index contributed by atoms with van der Waals surface area (Å²) in [5, 5.41) is 5.52. The number of piperidine rings is 1. The van der Waals surface area contributed by atoms with E-state index >= 15 is 0 Å². The number of nitrogens with zero attached hydrogens (tertiary/aromatic N) is 2. The molecule has 0 aromatic heterocycles. The molecular weight excluding hydrogens is 427 g/mol. The molecule has 2 aromatic carbocycles. The number of carbonyl (C=O) groups is 4. The Kier molecular flexibility index (Phi) is 4.22. The molecule has 0 saturated carbocycles. The smallest absolute Gasteiger partial charge is 0.255 e. The van der Waals surface area contributed by atoms with E-state index in [-0.39, 0.29) is 24.2 Å². The summed E-state index contributed by atoms with van der Waals surface area (Å²) in [4.78, 5) is 54.7. The normalized spacial score (nSPS) is 25.1. The maximum Gasteiger partial charge on any atom is 0.255 e. The minimum atomic E-state index is -1.03. The van der Waals surface area contributed by atoms with Gasteiger partial charge in [0.1, 0.15) is 17.9 Å². The van der Waals surface area contributed by atoms with Gasteiger partial charge < -0.3 is 15.1 Å². The molecule has 0 bridgehead atoms. The number of carbonyl (C=O) groups excluding carboxylic acids is 4. The van der Waals surface area contributed by atoms with E-state index in [9.17, 15) is 23.6 Å². The standard InChI is InChI=1S/C24H21FN4O4/c25-13-5-6-16-18(9-13)28(12-24(16)10-26-11-24)23(33)20-14-3-1-2-4-15(14)22(32)29(20)17-7-8-19(30)27-21(17)31/h1-6,9,17,20,26H,7-8,10-12H2,(H,27,30,31). The highest BCUT2D eigenvalue weighted by Gasteiger charge is 2.53. The van der Waals surface area contributed by atoms with E-state index in [4.69, 9.17) is 0 Å². The third kappa shape index (κ3) is 2.78. The summed E-state index contributed by atoms with van der Waals surface area (Å²) in [5.74, 6) is -2.23. The van der Waals surface area contributed by atoms with Crippen LogP contribution in [0.5, 0.6) is 0 Å². The number of imide groups is 1. The lowest BCUT2D eigenvalue weighted by Crippen LogP contribution is -2.60. The molecule has 2 fully saturated rings. The summed E-state index contributed by atoms with van der Waals surface area (Å²) in [6.45, 7) is 1.71. The second-order valence-corrected chi connectivity index (χ2v) is 9.14. The highest BCUT2D eigenvalue weighted by Crippen LogP contribution is 2.46. The number of benzene rings is 2. The lowest BCUT2D eigenvalue weighted by molar-refractivity contribution is -0.138. The molecule has 4 heterocycles. The van der Waals surface area contributed by atoms with Gasteiger partial charge in [0, 0.05) is 37.0 Å². The van der Waals surface area contributed by atoms with Crippen molar-refractivity contribution in [2.45, 2.75) is 30.3 Å². The van der Waals surface area contributed by atoms with Gasteiger partial charge in [-0.1, -0.05) is 24.3 Å². The third-order valence-electron chi connectivity index (χ3n) is 7.25. The third-order valence-corrected chi connectivity index (χ3v) is 7.25. The van der Waals surface area contributed by atoms with Gasteiger partial charge >= 0.3 is 0 Å². The fraction of sp³-hybridized carbons (Fsp3) is 0.333. The minimum absolute atomic E-state index is 0.0873. The number of fused-ring (bicyclic) bond motifs is 3. The van der Waals surface area contributed by atoms with E-state index in [0.717, 1.165) is 5.56 Å². The maximum atomic E-state index is 14.2. The van der Waals surface area contributed by atoms with Crippen LogP contribution in [0.1, 0.15) is 40.4 Å². The van der Waals surface area contributed by atoms with E-state index in [0.29, 0.717) is 36.4 Å². The van der Waals surface area contributed by atoms with Crippen molar-refractivity contribution in [1.82, 2.24) is 15.5 Å². The molecule has 2 unspecified atom stereocenters. The molecule has 4 amide bonds. The van der Waals surface area contributed by atoms with Crippen LogP contribution in [0.4, 0.5) is 10.1 Å². The second-order valence-electron chi connectivity index (χ2n) is 9.14. The van der Waals surface area contributed by atoms with Crippen molar-refractivity contribution in [3.05, 3.63) is 65.0 Å². The average Bonchev–Trinajstić information content (AvgIpc) is 3.26. The number of rotatable bonds is 2. The van der Waals surface area contributed by atoms with E-state index in [1.165, 1.54) is 17.0 Å². The van der Waals surface area contributed by atoms with Gasteiger partial charge in [0.05, 0.1) is 5.69 Å². The minimum Gasteiger partial charge on any atom is -0.315 e. The summed E-state index contributed by atoms with van der Waals surface area (Å²) in [5.41, 5.74) is 1.99. The molecule has 9 heteroatoms. The Hall–Kier alpha value is -3.59. The van der Waals surface area contributed by atoms with Crippen LogP contribution in [0.25, 0.3) is 0 Å². The summed E-state index contributed by atoms with van der Waals surface area (Å²) in [6, 6.07) is 9.32. The summed E-state index contributed by atoms with van der Waals surface area (Å²) < 4.78 is 14.2. The summed E-state index contributed by atoms with van der Waals surface area (Å²) in [7, 11) is 0. The Morgan fingerprint density at radius 1 is 1.09 bits per heavy atom. The maximum absolute atomic E-state index is 14.2. The molecule has 4 aliphatic heterocycles. The number of halogens is 1. The van der Waals surface area contributed by atoms with Crippen LogP contribution >= 0.6 is 0 Å². The fourth-order valence-corrected chi connectivity index (χ4v) is 5.58. The van der Waals surface area contributed by atoms with Crippen LogP contribution in [0.3, 0.4) is 0 Å². The Balaban J connectivity index is 1.44. The first-order chi connectivity index (χ1) is 15.9. The van der Waals surface area contributed by atoms with E-state index in [1.807, 2.05) is 0 Å². The van der Waals surface area contributed by atoms with Crippen LogP contribution in [-0.2, 0) is 19.8 Å². The van der Waals surface area contributed by atoms with Crippen LogP contribution in [-0.4, -0.2) is 54.2 Å². The molecule has 0 aliphatic carbocycles. The van der Waals surface area contributed by atoms with Crippen molar-refractivity contribution in [2.75, 3.05) is 24.5 Å². The second kappa shape index (κ2) is 6.95. The molecule has 2 saturated heterocycles. The quantitative estimate of drug-likeness (QED) is 0.669. The van der Waals surface area contributed by atoms with Gasteiger partial charge in [0.15, 0.2) is 0 Å². The average molecular weight is 448 g/mol. The zero-order chi connectivity index (χ0) is 22.9. The molecule has 6 rings (SSSR count). The predicted molar refractivity (Wildman–Crippen MR) is 115 cm³/mol. The molecule has 2 N–H and O–H groups in total. The molecule has 0 radical (unpaired) electrons. The lowest BCUT2D eigenvalue weighted by atomic mass is 9.77. The Morgan fingerprint density at radius 2 is 1.88 bits per heavy atom. The van der Waals surface area contributed by atoms with Gasteiger partial charge in [-0.3, -0.25) is 24.5 Å². The lowest BCUT2D eigenvalue weighted by Gasteiger charge is -2.40. The van der Waals surface area contributed by atoms with Crippen molar-refractivity contribution in [2.24, 2.45) is 0 Å². The van der Waals surface area contributed by atoms with Gasteiger partial charge in [0.2, 0.25) is 11.8 Å². The molecular formula is C24H21FN4O4. The zero-order valence-electron chi connectivity index (χ0n) is 17.6. The number of anilines is 1. The van der Waals surface area contributed by atoms with Gasteiger partial charge in [-0.15, -0.1) is 0 Å².